The molecule has 0 rings (SSSR count). The lowest BCUT2D eigenvalue weighted by atomic mass is 10.1. The van der Waals surface area contributed by atoms with E-state index >= 15 is 0 Å². The zero-order chi connectivity index (χ0) is 12.1. The van der Waals surface area contributed by atoms with Gasteiger partial charge in [-0.05, 0) is 6.42 Å². The number of nitrogens with one attached hydrogen (secondary N) is 1. The van der Waals surface area contributed by atoms with E-state index in [-0.39, 0.29) is 12.5 Å². The molecule has 0 radical (unpaired) electrons. The van der Waals surface area contributed by atoms with Gasteiger partial charge in [0.15, 0.2) is 6.10 Å². The van der Waals surface area contributed by atoms with E-state index in [1.165, 1.54) is 0 Å². The molecular weight excluding hydrogens is 213 g/mol. The summed E-state index contributed by atoms with van der Waals surface area (Å²) >= 11 is 0. The monoisotopic (exact) mass is 228 g/mol. The third kappa shape index (κ3) is 6.29. The van der Waals surface area contributed by atoms with Crippen molar-refractivity contribution in [2.75, 3.05) is 6.54 Å². The normalized spacial score (nSPS) is 15.9. The Kier molecular flexibility index (Phi) is 5.59. The van der Waals surface area contributed by atoms with Crippen LogP contribution >= 0.6 is 0 Å². The second-order valence-electron chi connectivity index (χ2n) is 3.23. The molecule has 0 aliphatic rings. The Balaban J connectivity index is 3.81. The fraction of sp³-hybridized carbons (Fsp3) is 0.875. The number of aliphatic hydroxyl groups excluding tert-OH is 1. The highest BCUT2D eigenvalue weighted by Gasteiger charge is 2.38. The molecule has 0 fully saturated rings. The van der Waals surface area contributed by atoms with Crippen LogP contribution in [-0.2, 0) is 4.79 Å². The zero-order valence-electron chi connectivity index (χ0n) is 8.34. The Bertz CT molecular complexity index is 209. The molecule has 4 nitrogen and oxygen atoms in total. The smallest absolute Gasteiger partial charge is 0.382 e. The largest absolute Gasteiger partial charge is 0.416 e. The minimum absolute atomic E-state index is 0.0406. The highest BCUT2D eigenvalue weighted by molar-refractivity contribution is 5.76. The third-order valence-corrected chi connectivity index (χ3v) is 1.84. The Labute approximate surface area is 85.6 Å². The van der Waals surface area contributed by atoms with Crippen molar-refractivity contribution in [1.82, 2.24) is 5.32 Å². The van der Waals surface area contributed by atoms with Gasteiger partial charge in [0.1, 0.15) is 0 Å². The SMILES string of the molecule is CCC(N)CC(=O)NCC(O)C(F)(F)F. The van der Waals surface area contributed by atoms with E-state index < -0.39 is 24.7 Å². The van der Waals surface area contributed by atoms with Crippen molar-refractivity contribution in [1.29, 1.82) is 0 Å². The number of hydrogen-bond acceptors (Lipinski definition) is 3. The number of alkyl halides is 3. The molecule has 0 saturated carbocycles. The maximum Gasteiger partial charge on any atom is 0.416 e. The molecular formula is C8H15F3N2O2. The topological polar surface area (TPSA) is 75.4 Å². The van der Waals surface area contributed by atoms with Crippen molar-refractivity contribution in [3.8, 4) is 0 Å². The standard InChI is InChI=1S/C8H15F3N2O2/c1-2-5(12)3-7(15)13-4-6(14)8(9,10)11/h5-6,14H,2-4,12H2,1H3,(H,13,15). The van der Waals surface area contributed by atoms with Gasteiger partial charge in [0, 0.05) is 12.5 Å². The van der Waals surface area contributed by atoms with Crippen molar-refractivity contribution in [2.24, 2.45) is 5.73 Å². The van der Waals surface area contributed by atoms with Crippen LogP contribution in [0.15, 0.2) is 0 Å². The van der Waals surface area contributed by atoms with Gasteiger partial charge in [-0.3, -0.25) is 4.79 Å². The summed E-state index contributed by atoms with van der Waals surface area (Å²) in [7, 11) is 0. The van der Waals surface area contributed by atoms with Crippen molar-refractivity contribution in [3.63, 3.8) is 0 Å². The molecule has 90 valence electrons. The predicted octanol–water partition coefficient (Wildman–Crippen LogP) is 0.153. The van der Waals surface area contributed by atoms with Gasteiger partial charge in [-0.2, -0.15) is 13.2 Å². The summed E-state index contributed by atoms with van der Waals surface area (Å²) in [5.41, 5.74) is 5.42. The summed E-state index contributed by atoms with van der Waals surface area (Å²) in [4.78, 5) is 11.0. The van der Waals surface area contributed by atoms with E-state index in [0.29, 0.717) is 6.42 Å². The average molecular weight is 228 g/mol. The Morgan fingerprint density at radius 1 is 1.53 bits per heavy atom. The number of halogens is 3. The first-order chi connectivity index (χ1) is 6.77. The highest BCUT2D eigenvalue weighted by Crippen LogP contribution is 2.19. The van der Waals surface area contributed by atoms with Crippen molar-refractivity contribution < 1.29 is 23.1 Å². The second-order valence-corrected chi connectivity index (χ2v) is 3.23. The molecule has 4 N–H and O–H groups in total. The van der Waals surface area contributed by atoms with Gasteiger partial charge >= 0.3 is 6.18 Å². The Hall–Kier alpha value is -0.820. The van der Waals surface area contributed by atoms with Crippen molar-refractivity contribution >= 4 is 5.91 Å². The zero-order valence-corrected chi connectivity index (χ0v) is 8.34. The predicted molar refractivity (Wildman–Crippen MR) is 48.0 cm³/mol. The van der Waals surface area contributed by atoms with Crippen LogP contribution in [0.2, 0.25) is 0 Å². The molecule has 1 amide bonds. The van der Waals surface area contributed by atoms with E-state index in [2.05, 4.69) is 0 Å². The minimum Gasteiger partial charge on any atom is -0.382 e. The third-order valence-electron chi connectivity index (χ3n) is 1.84. The van der Waals surface area contributed by atoms with Crippen LogP contribution in [0.1, 0.15) is 19.8 Å². The molecule has 0 heterocycles. The molecule has 0 aromatic heterocycles. The summed E-state index contributed by atoms with van der Waals surface area (Å²) in [5, 5.41) is 10.5. The van der Waals surface area contributed by atoms with E-state index in [1.807, 2.05) is 5.32 Å². The fourth-order valence-corrected chi connectivity index (χ4v) is 0.781. The summed E-state index contributed by atoms with van der Waals surface area (Å²) in [6, 6.07) is -0.368. The van der Waals surface area contributed by atoms with Gasteiger partial charge in [-0.25, -0.2) is 0 Å². The lowest BCUT2D eigenvalue weighted by Gasteiger charge is -2.15. The average Bonchev–Trinajstić information content (AvgIpc) is 2.12. The van der Waals surface area contributed by atoms with Crippen molar-refractivity contribution in [3.05, 3.63) is 0 Å². The molecule has 2 atom stereocenters. The van der Waals surface area contributed by atoms with E-state index in [9.17, 15) is 18.0 Å². The number of carbonyl (C=O) groups is 1. The van der Waals surface area contributed by atoms with Crippen LogP contribution in [-0.4, -0.2) is 35.9 Å². The van der Waals surface area contributed by atoms with Gasteiger partial charge < -0.3 is 16.2 Å². The van der Waals surface area contributed by atoms with Gasteiger partial charge in [0.25, 0.3) is 0 Å². The maximum absolute atomic E-state index is 11.8. The summed E-state index contributed by atoms with van der Waals surface area (Å²) in [5.74, 6) is -0.590. The number of hydrogen-bond donors (Lipinski definition) is 3. The number of rotatable bonds is 5. The molecule has 0 aliphatic heterocycles. The number of aliphatic hydroxyl groups is 1. The summed E-state index contributed by atoms with van der Waals surface area (Å²) in [6.07, 6.45) is -6.71. The molecule has 0 spiro atoms. The van der Waals surface area contributed by atoms with E-state index in [4.69, 9.17) is 10.8 Å². The number of nitrogens with two attached hydrogens (primary N) is 1. The first-order valence-electron chi connectivity index (χ1n) is 4.54. The lowest BCUT2D eigenvalue weighted by Crippen LogP contribution is -2.42. The molecule has 15 heavy (non-hydrogen) atoms. The fourth-order valence-electron chi connectivity index (χ4n) is 0.781. The van der Waals surface area contributed by atoms with Gasteiger partial charge in [-0.15, -0.1) is 0 Å². The second kappa shape index (κ2) is 5.92. The molecule has 0 saturated heterocycles. The maximum atomic E-state index is 11.8. The minimum atomic E-state index is -4.71. The molecule has 0 aromatic rings. The first-order valence-corrected chi connectivity index (χ1v) is 4.54. The lowest BCUT2D eigenvalue weighted by molar-refractivity contribution is -0.201. The van der Waals surface area contributed by atoms with Crippen LogP contribution < -0.4 is 11.1 Å². The quantitative estimate of drug-likeness (QED) is 0.627. The Morgan fingerprint density at radius 3 is 2.47 bits per heavy atom. The molecule has 0 bridgehead atoms. The van der Waals surface area contributed by atoms with E-state index in [0.717, 1.165) is 0 Å². The van der Waals surface area contributed by atoms with E-state index in [1.54, 1.807) is 6.92 Å². The number of carbonyl (C=O) groups excluding carboxylic acids is 1. The Morgan fingerprint density at radius 2 is 2.07 bits per heavy atom. The van der Waals surface area contributed by atoms with Crippen LogP contribution in [0.4, 0.5) is 13.2 Å². The number of amides is 1. The molecule has 0 aliphatic carbocycles. The first kappa shape index (κ1) is 14.2. The summed E-state index contributed by atoms with van der Waals surface area (Å²) < 4.78 is 35.4. The van der Waals surface area contributed by atoms with Gasteiger partial charge in [0.2, 0.25) is 5.91 Å². The van der Waals surface area contributed by atoms with Crippen LogP contribution in [0.3, 0.4) is 0 Å². The van der Waals surface area contributed by atoms with Crippen molar-refractivity contribution in [2.45, 2.75) is 38.1 Å². The van der Waals surface area contributed by atoms with Gasteiger partial charge in [0.05, 0.1) is 6.54 Å². The van der Waals surface area contributed by atoms with Crippen LogP contribution in [0, 0.1) is 0 Å². The molecule has 2 unspecified atom stereocenters. The van der Waals surface area contributed by atoms with Crippen LogP contribution in [0.5, 0.6) is 0 Å². The molecule has 7 heteroatoms. The van der Waals surface area contributed by atoms with Gasteiger partial charge in [-0.1, -0.05) is 6.92 Å². The highest BCUT2D eigenvalue weighted by atomic mass is 19.4. The van der Waals surface area contributed by atoms with Crippen LogP contribution in [0.25, 0.3) is 0 Å². The summed E-state index contributed by atoms with van der Waals surface area (Å²) in [6.45, 7) is 0.932. The molecule has 0 aromatic carbocycles.